The Kier molecular flexibility index (Phi) is 3.01. The largest absolute Gasteiger partial charge is 0.478 e. The second kappa shape index (κ2) is 4.48. The Balaban J connectivity index is 2.24. The summed E-state index contributed by atoms with van der Waals surface area (Å²) in [5.74, 6) is -1.22. The summed E-state index contributed by atoms with van der Waals surface area (Å²) in [5.41, 5.74) is 0.747. The minimum absolute atomic E-state index is 0.160. The van der Waals surface area contributed by atoms with Crippen LogP contribution in [0.15, 0.2) is 24.3 Å². The van der Waals surface area contributed by atoms with Crippen molar-refractivity contribution in [2.24, 2.45) is 0 Å². The van der Waals surface area contributed by atoms with Gasteiger partial charge in [0.15, 0.2) is 0 Å². The smallest absolute Gasteiger partial charge is 0.335 e. The highest BCUT2D eigenvalue weighted by molar-refractivity contribution is 6.05. The molecule has 3 amide bonds. The molecule has 0 radical (unpaired) electrons. The maximum absolute atomic E-state index is 11.9. The maximum atomic E-state index is 11.9. The van der Waals surface area contributed by atoms with E-state index in [2.05, 4.69) is 0 Å². The molecule has 1 aromatic rings. The molecule has 94 valence electrons. The van der Waals surface area contributed by atoms with Crippen molar-refractivity contribution >= 4 is 23.6 Å². The zero-order valence-corrected chi connectivity index (χ0v) is 9.79. The number of nitrogens with zero attached hydrogens (tertiary/aromatic N) is 2. The number of carbonyl (C=O) groups excluding carboxylic acids is 2. The fraction of sp³-hybridized carbons (Fsp3) is 0.250. The Morgan fingerprint density at radius 3 is 2.39 bits per heavy atom. The Morgan fingerprint density at radius 1 is 1.22 bits per heavy atom. The molecule has 1 heterocycles. The minimum Gasteiger partial charge on any atom is -0.478 e. The molecule has 6 heteroatoms. The summed E-state index contributed by atoms with van der Waals surface area (Å²) >= 11 is 0. The number of imide groups is 1. The molecule has 1 fully saturated rings. The second-order valence-corrected chi connectivity index (χ2v) is 3.99. The lowest BCUT2D eigenvalue weighted by Crippen LogP contribution is -2.50. The molecule has 6 nitrogen and oxygen atoms in total. The normalized spacial score (nSPS) is 16.1. The first-order valence-corrected chi connectivity index (χ1v) is 5.42. The predicted molar refractivity (Wildman–Crippen MR) is 63.5 cm³/mol. The fourth-order valence-electron chi connectivity index (χ4n) is 1.78. The highest BCUT2D eigenvalue weighted by atomic mass is 16.4. The number of carboxylic acids is 1. The predicted octanol–water partition coefficient (Wildman–Crippen LogP) is 1.17. The number of benzene rings is 1. The zero-order chi connectivity index (χ0) is 13.3. The second-order valence-electron chi connectivity index (χ2n) is 3.99. The van der Waals surface area contributed by atoms with Crippen molar-refractivity contribution in [3.8, 4) is 0 Å². The van der Waals surface area contributed by atoms with Crippen LogP contribution < -0.4 is 4.90 Å². The van der Waals surface area contributed by atoms with Crippen LogP contribution in [0.4, 0.5) is 10.5 Å². The Morgan fingerprint density at radius 2 is 1.83 bits per heavy atom. The number of carbonyl (C=O) groups is 3. The average Bonchev–Trinajstić information content (AvgIpc) is 2.36. The van der Waals surface area contributed by atoms with E-state index in [9.17, 15) is 14.4 Å². The van der Waals surface area contributed by atoms with Crippen LogP contribution in [0.25, 0.3) is 0 Å². The molecule has 18 heavy (non-hydrogen) atoms. The monoisotopic (exact) mass is 248 g/mol. The number of hydrogen-bond acceptors (Lipinski definition) is 3. The van der Waals surface area contributed by atoms with Crippen LogP contribution in [0.5, 0.6) is 0 Å². The molecule has 0 atom stereocenters. The SMILES string of the molecule is CN1C(=O)CCN(c2ccc(C(=O)O)cc2)C1=O. The Labute approximate surface area is 103 Å². The lowest BCUT2D eigenvalue weighted by atomic mass is 10.2. The quantitative estimate of drug-likeness (QED) is 0.852. The van der Waals surface area contributed by atoms with Crippen LogP contribution in [-0.2, 0) is 4.79 Å². The van der Waals surface area contributed by atoms with Crippen molar-refractivity contribution in [3.63, 3.8) is 0 Å². The third-order valence-electron chi connectivity index (χ3n) is 2.87. The molecule has 0 saturated carbocycles. The Bertz CT molecular complexity index is 509. The molecule has 0 spiro atoms. The highest BCUT2D eigenvalue weighted by Crippen LogP contribution is 2.20. The summed E-state index contributed by atoms with van der Waals surface area (Å²) in [7, 11) is 1.43. The number of urea groups is 1. The first-order valence-electron chi connectivity index (χ1n) is 5.42. The number of carboxylic acid groups (broad SMARTS) is 1. The summed E-state index contributed by atoms with van der Waals surface area (Å²) in [4.78, 5) is 36.4. The molecular formula is C12H12N2O4. The van der Waals surface area contributed by atoms with E-state index in [1.54, 1.807) is 12.1 Å². The maximum Gasteiger partial charge on any atom is 0.335 e. The molecule has 0 bridgehead atoms. The summed E-state index contributed by atoms with van der Waals surface area (Å²) in [6, 6.07) is 5.59. The molecule has 1 aliphatic heterocycles. The first kappa shape index (κ1) is 12.1. The topological polar surface area (TPSA) is 77.9 Å². The van der Waals surface area contributed by atoms with Gasteiger partial charge in [0.25, 0.3) is 0 Å². The zero-order valence-electron chi connectivity index (χ0n) is 9.79. The molecule has 1 aromatic carbocycles. The summed E-state index contributed by atoms with van der Waals surface area (Å²) in [6.07, 6.45) is 0.267. The van der Waals surface area contributed by atoms with Gasteiger partial charge in [0.1, 0.15) is 0 Å². The third-order valence-corrected chi connectivity index (χ3v) is 2.87. The van der Waals surface area contributed by atoms with Gasteiger partial charge in [-0.2, -0.15) is 0 Å². The Hall–Kier alpha value is -2.37. The van der Waals surface area contributed by atoms with Crippen molar-refractivity contribution in [2.45, 2.75) is 6.42 Å². The van der Waals surface area contributed by atoms with Crippen molar-refractivity contribution in [3.05, 3.63) is 29.8 Å². The lowest BCUT2D eigenvalue weighted by Gasteiger charge is -2.31. The number of aromatic carboxylic acids is 1. The molecule has 0 aromatic heterocycles. The van der Waals surface area contributed by atoms with E-state index >= 15 is 0 Å². The van der Waals surface area contributed by atoms with E-state index in [0.29, 0.717) is 12.2 Å². The van der Waals surface area contributed by atoms with Crippen LogP contribution in [0, 0.1) is 0 Å². The van der Waals surface area contributed by atoms with Gasteiger partial charge in [-0.1, -0.05) is 0 Å². The van der Waals surface area contributed by atoms with Crippen molar-refractivity contribution in [1.82, 2.24) is 4.90 Å². The van der Waals surface area contributed by atoms with E-state index in [1.807, 2.05) is 0 Å². The van der Waals surface area contributed by atoms with E-state index in [4.69, 9.17) is 5.11 Å². The van der Waals surface area contributed by atoms with E-state index in [-0.39, 0.29) is 17.9 Å². The van der Waals surface area contributed by atoms with Gasteiger partial charge < -0.3 is 5.11 Å². The van der Waals surface area contributed by atoms with E-state index < -0.39 is 12.0 Å². The molecule has 0 aliphatic carbocycles. The van der Waals surface area contributed by atoms with E-state index in [1.165, 1.54) is 24.1 Å². The number of rotatable bonds is 2. The van der Waals surface area contributed by atoms with Gasteiger partial charge >= 0.3 is 12.0 Å². The molecule has 1 N–H and O–H groups in total. The van der Waals surface area contributed by atoms with Crippen molar-refractivity contribution < 1.29 is 19.5 Å². The van der Waals surface area contributed by atoms with Crippen LogP contribution in [0.2, 0.25) is 0 Å². The van der Waals surface area contributed by atoms with Crippen LogP contribution in [-0.4, -0.2) is 41.5 Å². The molecule has 1 aliphatic rings. The van der Waals surface area contributed by atoms with Crippen LogP contribution in [0.1, 0.15) is 16.8 Å². The molecule has 0 unspecified atom stereocenters. The van der Waals surface area contributed by atoms with Gasteiger partial charge in [0.05, 0.1) is 5.56 Å². The van der Waals surface area contributed by atoms with Gasteiger partial charge in [-0.05, 0) is 24.3 Å². The molecule has 1 saturated heterocycles. The minimum atomic E-state index is -1.01. The summed E-state index contributed by atoms with van der Waals surface area (Å²) in [6.45, 7) is 0.314. The summed E-state index contributed by atoms with van der Waals surface area (Å²) in [5, 5.41) is 8.78. The number of amides is 3. The van der Waals surface area contributed by atoms with Gasteiger partial charge in [-0.25, -0.2) is 9.59 Å². The van der Waals surface area contributed by atoms with Gasteiger partial charge in [-0.3, -0.25) is 14.6 Å². The lowest BCUT2D eigenvalue weighted by molar-refractivity contribution is -0.127. The number of anilines is 1. The fourth-order valence-corrected chi connectivity index (χ4v) is 1.78. The van der Waals surface area contributed by atoms with Gasteiger partial charge in [0, 0.05) is 25.7 Å². The molecular weight excluding hydrogens is 236 g/mol. The highest BCUT2D eigenvalue weighted by Gasteiger charge is 2.29. The van der Waals surface area contributed by atoms with Crippen LogP contribution in [0.3, 0.4) is 0 Å². The van der Waals surface area contributed by atoms with Gasteiger partial charge in [0.2, 0.25) is 5.91 Å². The molecule has 2 rings (SSSR count). The van der Waals surface area contributed by atoms with Crippen molar-refractivity contribution in [2.75, 3.05) is 18.5 Å². The van der Waals surface area contributed by atoms with Crippen molar-refractivity contribution in [1.29, 1.82) is 0 Å². The third kappa shape index (κ3) is 2.04. The van der Waals surface area contributed by atoms with E-state index in [0.717, 1.165) is 4.90 Å². The number of hydrogen-bond donors (Lipinski definition) is 1. The van der Waals surface area contributed by atoms with Gasteiger partial charge in [-0.15, -0.1) is 0 Å². The van der Waals surface area contributed by atoms with Crippen LogP contribution >= 0.6 is 0 Å². The first-order chi connectivity index (χ1) is 8.50. The summed E-state index contributed by atoms with van der Waals surface area (Å²) < 4.78 is 0. The standard InChI is InChI=1S/C12H12N2O4/c1-13-10(15)6-7-14(12(13)18)9-4-2-8(3-5-9)11(16)17/h2-5H,6-7H2,1H3,(H,16,17). The average molecular weight is 248 g/mol.